The average Bonchev–Trinajstić information content (AvgIpc) is 3.18. The highest BCUT2D eigenvalue weighted by Gasteiger charge is 2.22. The molecule has 0 aliphatic rings. The highest BCUT2D eigenvalue weighted by molar-refractivity contribution is 9.10. The molecular weight excluding hydrogens is 490 g/mol. The summed E-state index contributed by atoms with van der Waals surface area (Å²) in [7, 11) is 6.41. The van der Waals surface area contributed by atoms with Crippen LogP contribution in [0.4, 0.5) is 5.95 Å². The molecule has 0 amide bonds. The lowest BCUT2D eigenvalue weighted by Crippen LogP contribution is -2.12. The third-order valence-corrected chi connectivity index (χ3v) is 5.92. The highest BCUT2D eigenvalue weighted by atomic mass is 79.9. The molecule has 33 heavy (non-hydrogen) atoms. The van der Waals surface area contributed by atoms with Crippen LogP contribution in [0.15, 0.2) is 40.9 Å². The van der Waals surface area contributed by atoms with Crippen molar-refractivity contribution in [1.82, 2.24) is 9.55 Å². The number of methoxy groups -OCH3 is 4. The van der Waals surface area contributed by atoms with Crippen LogP contribution in [0.3, 0.4) is 0 Å². The van der Waals surface area contributed by atoms with Crippen molar-refractivity contribution in [1.29, 1.82) is 0 Å². The lowest BCUT2D eigenvalue weighted by atomic mass is 10.0. The fourth-order valence-corrected chi connectivity index (χ4v) is 4.37. The van der Waals surface area contributed by atoms with Crippen LogP contribution in [0, 0.1) is 0 Å². The molecule has 0 aliphatic carbocycles. The van der Waals surface area contributed by atoms with Gasteiger partial charge < -0.3 is 24.3 Å². The second-order valence-electron chi connectivity index (χ2n) is 7.27. The van der Waals surface area contributed by atoms with Crippen molar-refractivity contribution in [3.63, 3.8) is 0 Å². The Bertz CT molecular complexity index is 1370. The van der Waals surface area contributed by atoms with Gasteiger partial charge in [-0.15, -0.1) is 0 Å². The molecular formula is C24H24BrN3O5. The summed E-state index contributed by atoms with van der Waals surface area (Å²) in [4.78, 5) is 17.0. The van der Waals surface area contributed by atoms with Crippen molar-refractivity contribution in [3.05, 3.63) is 46.4 Å². The molecule has 3 aromatic carbocycles. The van der Waals surface area contributed by atoms with Crippen molar-refractivity contribution in [2.24, 2.45) is 0 Å². The first kappa shape index (κ1) is 22.7. The van der Waals surface area contributed by atoms with E-state index in [2.05, 4.69) is 26.2 Å². The molecule has 0 bridgehead atoms. The number of rotatable bonds is 7. The summed E-state index contributed by atoms with van der Waals surface area (Å²) in [5.74, 6) is 2.79. The van der Waals surface area contributed by atoms with Gasteiger partial charge in [-0.2, -0.15) is 0 Å². The molecule has 0 spiro atoms. The molecule has 0 saturated heterocycles. The van der Waals surface area contributed by atoms with Crippen LogP contribution in [0.1, 0.15) is 17.3 Å². The Morgan fingerprint density at radius 3 is 2.21 bits per heavy atom. The van der Waals surface area contributed by atoms with Crippen LogP contribution in [0.25, 0.3) is 21.8 Å². The molecule has 1 heterocycles. The Hall–Kier alpha value is -3.46. The van der Waals surface area contributed by atoms with Gasteiger partial charge in [0.05, 0.1) is 50.2 Å². The maximum Gasteiger partial charge on any atom is 0.230 e. The molecule has 9 heteroatoms. The zero-order chi connectivity index (χ0) is 23.7. The van der Waals surface area contributed by atoms with Crippen LogP contribution < -0.4 is 24.3 Å². The number of hydrogen-bond donors (Lipinski definition) is 1. The minimum Gasteiger partial charge on any atom is -0.496 e. The Morgan fingerprint density at radius 2 is 1.61 bits per heavy atom. The number of anilines is 1. The van der Waals surface area contributed by atoms with Crippen LogP contribution in [0.2, 0.25) is 0 Å². The lowest BCUT2D eigenvalue weighted by Gasteiger charge is -2.19. The molecule has 0 fully saturated rings. The molecule has 0 aliphatic heterocycles. The molecule has 4 rings (SSSR count). The summed E-state index contributed by atoms with van der Waals surface area (Å²) < 4.78 is 25.1. The number of benzene rings is 3. The van der Waals surface area contributed by atoms with Crippen LogP contribution >= 0.6 is 15.9 Å². The fraction of sp³-hybridized carbons (Fsp3) is 0.250. The van der Waals surface area contributed by atoms with E-state index in [-0.39, 0.29) is 5.91 Å². The average molecular weight is 514 g/mol. The van der Waals surface area contributed by atoms with Gasteiger partial charge in [-0.05, 0) is 36.4 Å². The number of ether oxygens (including phenoxy) is 4. The fourth-order valence-electron chi connectivity index (χ4n) is 4.02. The normalized spacial score (nSPS) is 11.0. The van der Waals surface area contributed by atoms with Gasteiger partial charge in [0, 0.05) is 23.5 Å². The Morgan fingerprint density at radius 1 is 0.939 bits per heavy atom. The molecule has 0 atom stereocenters. The van der Waals surface area contributed by atoms with E-state index in [1.54, 1.807) is 33.0 Å². The van der Waals surface area contributed by atoms with Crippen molar-refractivity contribution in [2.75, 3.05) is 33.8 Å². The van der Waals surface area contributed by atoms with Crippen LogP contribution in [-0.2, 0) is 6.54 Å². The monoisotopic (exact) mass is 513 g/mol. The topological polar surface area (TPSA) is 83.8 Å². The predicted octanol–water partition coefficient (Wildman–Crippen LogP) is 5.26. The minimum atomic E-state index is -0.146. The van der Waals surface area contributed by atoms with Gasteiger partial charge in [0.2, 0.25) is 11.9 Å². The highest BCUT2D eigenvalue weighted by Crippen LogP contribution is 2.46. The molecule has 0 radical (unpaired) electrons. The van der Waals surface area contributed by atoms with Crippen LogP contribution in [0.5, 0.6) is 23.0 Å². The quantitative estimate of drug-likeness (QED) is 0.360. The third-order valence-electron chi connectivity index (χ3n) is 5.43. The summed E-state index contributed by atoms with van der Waals surface area (Å²) in [5, 5.41) is 4.77. The molecule has 4 aromatic rings. The van der Waals surface area contributed by atoms with E-state index in [1.165, 1.54) is 6.92 Å². The van der Waals surface area contributed by atoms with E-state index < -0.39 is 0 Å². The summed E-state index contributed by atoms with van der Waals surface area (Å²) in [5.41, 5.74) is 2.23. The van der Waals surface area contributed by atoms with Gasteiger partial charge in [0.15, 0.2) is 0 Å². The first-order chi connectivity index (χ1) is 15.9. The van der Waals surface area contributed by atoms with Gasteiger partial charge in [-0.3, -0.25) is 4.79 Å². The number of hydrogen-bond acceptors (Lipinski definition) is 7. The first-order valence-electron chi connectivity index (χ1n) is 10.1. The van der Waals surface area contributed by atoms with Gasteiger partial charge in [0.25, 0.3) is 0 Å². The number of nitrogens with zero attached hydrogens (tertiary/aromatic N) is 2. The maximum absolute atomic E-state index is 12.4. The molecule has 1 aromatic heterocycles. The SMILES string of the molecule is COc1ccc(OC)c2c(OC)c(CNc3nc4ccc(Br)cc4n3C(C)=O)cc(OC)c12. The summed E-state index contributed by atoms with van der Waals surface area (Å²) >= 11 is 3.46. The minimum absolute atomic E-state index is 0.146. The number of carbonyl (C=O) groups is 1. The van der Waals surface area contributed by atoms with Crippen LogP contribution in [-0.4, -0.2) is 43.9 Å². The smallest absolute Gasteiger partial charge is 0.230 e. The summed E-state index contributed by atoms with van der Waals surface area (Å²) in [6.07, 6.45) is 0. The number of imidazole rings is 1. The second-order valence-corrected chi connectivity index (χ2v) is 8.18. The summed E-state index contributed by atoms with van der Waals surface area (Å²) in [6.45, 7) is 1.83. The Kier molecular flexibility index (Phi) is 6.33. The number of aromatic nitrogens is 2. The van der Waals surface area contributed by atoms with Gasteiger partial charge in [0.1, 0.15) is 23.0 Å². The first-order valence-corrected chi connectivity index (χ1v) is 10.9. The molecule has 0 unspecified atom stereocenters. The zero-order valence-corrected chi connectivity index (χ0v) is 20.6. The largest absolute Gasteiger partial charge is 0.496 e. The second kappa shape index (κ2) is 9.19. The number of halogens is 1. The lowest BCUT2D eigenvalue weighted by molar-refractivity contribution is 0.0943. The van der Waals surface area contributed by atoms with E-state index in [0.717, 1.165) is 20.8 Å². The maximum atomic E-state index is 12.4. The van der Waals surface area contributed by atoms with Crippen molar-refractivity contribution in [3.8, 4) is 23.0 Å². The number of carbonyl (C=O) groups excluding carboxylic acids is 1. The Balaban J connectivity index is 1.85. The Labute approximate surface area is 199 Å². The zero-order valence-electron chi connectivity index (χ0n) is 19.0. The van der Waals surface area contributed by atoms with E-state index in [9.17, 15) is 4.79 Å². The van der Waals surface area contributed by atoms with E-state index in [4.69, 9.17) is 18.9 Å². The van der Waals surface area contributed by atoms with Crippen molar-refractivity contribution < 1.29 is 23.7 Å². The standard InChI is InChI=1S/C24H24BrN3O5/c1-13(29)28-17-11-15(25)6-7-16(17)27-24(28)26-12-14-10-20(32-4)21-18(30-2)8-9-19(31-3)22(21)23(14)33-5/h6-11H,12H2,1-5H3,(H,26,27). The van der Waals surface area contributed by atoms with Gasteiger partial charge >= 0.3 is 0 Å². The third kappa shape index (κ3) is 3.93. The van der Waals surface area contributed by atoms with E-state index >= 15 is 0 Å². The van der Waals surface area contributed by atoms with Crippen molar-refractivity contribution >= 4 is 49.6 Å². The summed E-state index contributed by atoms with van der Waals surface area (Å²) in [6, 6.07) is 11.2. The van der Waals surface area contributed by atoms with Gasteiger partial charge in [-0.25, -0.2) is 9.55 Å². The molecule has 1 N–H and O–H groups in total. The number of fused-ring (bicyclic) bond motifs is 2. The van der Waals surface area contributed by atoms with E-state index in [0.29, 0.717) is 46.5 Å². The number of nitrogens with one attached hydrogen (secondary N) is 1. The molecule has 0 saturated carbocycles. The van der Waals surface area contributed by atoms with Gasteiger partial charge in [-0.1, -0.05) is 15.9 Å². The predicted molar refractivity (Wildman–Crippen MR) is 131 cm³/mol. The molecule has 8 nitrogen and oxygen atoms in total. The van der Waals surface area contributed by atoms with Crippen molar-refractivity contribution in [2.45, 2.75) is 13.5 Å². The van der Waals surface area contributed by atoms with E-state index in [1.807, 2.05) is 36.4 Å². The molecule has 172 valence electrons.